The van der Waals surface area contributed by atoms with Crippen LogP contribution in [0.2, 0.25) is 0 Å². The molecule has 1 aliphatic rings. The first-order valence-corrected chi connectivity index (χ1v) is 11.7. The van der Waals surface area contributed by atoms with Gasteiger partial charge in [-0.25, -0.2) is 0 Å². The van der Waals surface area contributed by atoms with Crippen molar-refractivity contribution in [2.75, 3.05) is 55.1 Å². The maximum atomic E-state index is 13.3. The molecule has 0 unspecified atom stereocenters. The van der Waals surface area contributed by atoms with Crippen molar-refractivity contribution >= 4 is 17.4 Å². The van der Waals surface area contributed by atoms with Gasteiger partial charge in [0.05, 0.1) is 39.6 Å². The van der Waals surface area contributed by atoms with Gasteiger partial charge in [0.1, 0.15) is 11.5 Å². The van der Waals surface area contributed by atoms with E-state index in [1.54, 1.807) is 36.4 Å². The van der Waals surface area contributed by atoms with Crippen LogP contribution in [-0.4, -0.2) is 81.7 Å². The van der Waals surface area contributed by atoms with Crippen LogP contribution in [0.4, 0.5) is 0 Å². The largest absolute Gasteiger partial charge is 0.507 e. The van der Waals surface area contributed by atoms with Crippen molar-refractivity contribution < 1.29 is 33.6 Å². The number of hydrogen-bond donors (Lipinski definition) is 1. The summed E-state index contributed by atoms with van der Waals surface area (Å²) < 4.78 is 21.9. The summed E-state index contributed by atoms with van der Waals surface area (Å²) >= 11 is 0. The summed E-state index contributed by atoms with van der Waals surface area (Å²) in [5.41, 5.74) is 0.964. The number of aliphatic hydroxyl groups excluding tert-OH is 1. The molecule has 2 aromatic carbocycles. The Balaban J connectivity index is 2.18. The van der Waals surface area contributed by atoms with Crippen LogP contribution in [0.5, 0.6) is 23.0 Å². The summed E-state index contributed by atoms with van der Waals surface area (Å²) in [5, 5.41) is 11.3. The Morgan fingerprint density at radius 2 is 1.61 bits per heavy atom. The number of Topliss-reactive ketones (excluding diaryl/α,β-unsaturated/α-hetero) is 1. The van der Waals surface area contributed by atoms with E-state index in [0.29, 0.717) is 53.7 Å². The van der Waals surface area contributed by atoms with Crippen molar-refractivity contribution in [1.82, 2.24) is 9.80 Å². The number of rotatable bonds is 11. The van der Waals surface area contributed by atoms with Crippen molar-refractivity contribution in [1.29, 1.82) is 0 Å². The van der Waals surface area contributed by atoms with E-state index in [1.807, 2.05) is 25.9 Å². The second kappa shape index (κ2) is 11.8. The van der Waals surface area contributed by atoms with Crippen LogP contribution in [0.1, 0.15) is 30.5 Å². The number of likely N-dealkylation sites (tertiary alicyclic amines) is 1. The number of ketones is 1. The zero-order chi connectivity index (χ0) is 26.4. The van der Waals surface area contributed by atoms with E-state index in [4.69, 9.17) is 18.9 Å². The van der Waals surface area contributed by atoms with Gasteiger partial charge in [-0.05, 0) is 75.9 Å². The van der Waals surface area contributed by atoms with E-state index in [2.05, 4.69) is 0 Å². The minimum atomic E-state index is -0.840. The predicted octanol–water partition coefficient (Wildman–Crippen LogP) is 3.48. The van der Waals surface area contributed by atoms with Gasteiger partial charge < -0.3 is 33.9 Å². The van der Waals surface area contributed by atoms with Gasteiger partial charge in [-0.1, -0.05) is 0 Å². The minimum absolute atomic E-state index is 0.00304. The first-order chi connectivity index (χ1) is 17.3. The molecule has 194 valence electrons. The highest BCUT2D eigenvalue weighted by atomic mass is 16.5. The smallest absolute Gasteiger partial charge is 0.295 e. The Bertz CT molecular complexity index is 1100. The fraction of sp³-hybridized carbons (Fsp3) is 0.407. The van der Waals surface area contributed by atoms with Gasteiger partial charge in [-0.2, -0.15) is 0 Å². The van der Waals surface area contributed by atoms with Gasteiger partial charge in [0.25, 0.3) is 11.7 Å². The van der Waals surface area contributed by atoms with Crippen molar-refractivity contribution in [2.45, 2.75) is 19.4 Å². The van der Waals surface area contributed by atoms with Crippen LogP contribution >= 0.6 is 0 Å². The van der Waals surface area contributed by atoms with E-state index in [-0.39, 0.29) is 11.3 Å². The second-order valence-electron chi connectivity index (χ2n) is 8.57. The molecule has 0 bridgehead atoms. The van der Waals surface area contributed by atoms with Crippen LogP contribution in [0.3, 0.4) is 0 Å². The summed E-state index contributed by atoms with van der Waals surface area (Å²) in [6.07, 6.45) is 0.643. The lowest BCUT2D eigenvalue weighted by Crippen LogP contribution is -2.32. The standard InChI is InChI=1S/C27H34N2O7/c1-7-36-19-11-9-17(10-12-19)24(30)22-23(29(27(32)25(22)31)14-8-13-28(2)3)18-15-20(33-4)26(35-6)21(16-18)34-5/h9-12,15-16,23,30H,7-8,13-14H2,1-6H3/t23-/m1/s1. The third-order valence-corrected chi connectivity index (χ3v) is 5.99. The normalized spacial score (nSPS) is 17.0. The Labute approximate surface area is 211 Å². The fourth-order valence-electron chi connectivity index (χ4n) is 4.30. The lowest BCUT2D eigenvalue weighted by molar-refractivity contribution is -0.139. The number of carbonyl (C=O) groups is 2. The molecule has 1 fully saturated rings. The Morgan fingerprint density at radius 1 is 1.00 bits per heavy atom. The maximum Gasteiger partial charge on any atom is 0.295 e. The lowest BCUT2D eigenvalue weighted by Gasteiger charge is -2.27. The molecule has 1 amide bonds. The molecule has 0 aromatic heterocycles. The Morgan fingerprint density at radius 3 is 2.11 bits per heavy atom. The molecule has 1 saturated heterocycles. The second-order valence-corrected chi connectivity index (χ2v) is 8.57. The Hall–Kier alpha value is -3.72. The molecular weight excluding hydrogens is 464 g/mol. The van der Waals surface area contributed by atoms with E-state index in [1.165, 1.54) is 26.2 Å². The number of amides is 1. The van der Waals surface area contributed by atoms with Crippen molar-refractivity contribution in [3.8, 4) is 23.0 Å². The average molecular weight is 499 g/mol. The Kier molecular flexibility index (Phi) is 8.82. The number of aliphatic hydroxyl groups is 1. The number of methoxy groups -OCH3 is 3. The molecule has 2 aromatic rings. The van der Waals surface area contributed by atoms with Gasteiger partial charge in [0, 0.05) is 12.1 Å². The summed E-state index contributed by atoms with van der Waals surface area (Å²) in [7, 11) is 8.37. The molecule has 0 spiro atoms. The predicted molar refractivity (Wildman–Crippen MR) is 136 cm³/mol. The van der Waals surface area contributed by atoms with Crippen LogP contribution in [-0.2, 0) is 9.59 Å². The SMILES string of the molecule is CCOc1ccc(C(O)=C2C(=O)C(=O)N(CCCN(C)C)[C@@H]2c2cc(OC)c(OC)c(OC)c2)cc1. The fourth-order valence-corrected chi connectivity index (χ4v) is 4.30. The molecule has 0 radical (unpaired) electrons. The number of nitrogens with zero attached hydrogens (tertiary/aromatic N) is 2. The highest BCUT2D eigenvalue weighted by Gasteiger charge is 2.46. The first-order valence-electron chi connectivity index (χ1n) is 11.7. The third-order valence-electron chi connectivity index (χ3n) is 5.99. The number of carbonyl (C=O) groups excluding carboxylic acids is 2. The van der Waals surface area contributed by atoms with Crippen LogP contribution in [0.25, 0.3) is 5.76 Å². The van der Waals surface area contributed by atoms with Crippen LogP contribution in [0.15, 0.2) is 42.0 Å². The molecule has 1 heterocycles. The molecule has 36 heavy (non-hydrogen) atoms. The highest BCUT2D eigenvalue weighted by molar-refractivity contribution is 6.46. The van der Waals surface area contributed by atoms with E-state index < -0.39 is 17.7 Å². The molecule has 1 atom stereocenters. The monoisotopic (exact) mass is 498 g/mol. The summed E-state index contributed by atoms with van der Waals surface area (Å²) in [4.78, 5) is 30.0. The van der Waals surface area contributed by atoms with Crippen molar-refractivity contribution in [2.24, 2.45) is 0 Å². The number of benzene rings is 2. The molecular formula is C27H34N2O7. The van der Waals surface area contributed by atoms with Crippen molar-refractivity contribution in [3.05, 3.63) is 53.1 Å². The third kappa shape index (κ3) is 5.41. The lowest BCUT2D eigenvalue weighted by atomic mass is 9.94. The summed E-state index contributed by atoms with van der Waals surface area (Å²) in [6.45, 7) is 3.43. The molecule has 0 saturated carbocycles. The molecule has 9 nitrogen and oxygen atoms in total. The topological polar surface area (TPSA) is 97.8 Å². The van der Waals surface area contributed by atoms with Crippen LogP contribution < -0.4 is 18.9 Å². The first kappa shape index (κ1) is 26.9. The van der Waals surface area contributed by atoms with E-state index in [0.717, 1.165) is 6.54 Å². The molecule has 1 aliphatic heterocycles. The van der Waals surface area contributed by atoms with E-state index in [9.17, 15) is 14.7 Å². The van der Waals surface area contributed by atoms with Gasteiger partial charge in [0.2, 0.25) is 5.75 Å². The van der Waals surface area contributed by atoms with E-state index >= 15 is 0 Å². The van der Waals surface area contributed by atoms with Gasteiger partial charge >= 0.3 is 0 Å². The maximum absolute atomic E-state index is 13.3. The quantitative estimate of drug-likeness (QED) is 0.286. The summed E-state index contributed by atoms with van der Waals surface area (Å²) in [6, 6.07) is 9.29. The molecule has 0 aliphatic carbocycles. The molecule has 3 rings (SSSR count). The molecule has 9 heteroatoms. The van der Waals surface area contributed by atoms with Crippen LogP contribution in [0, 0.1) is 0 Å². The number of ether oxygens (including phenoxy) is 4. The summed E-state index contributed by atoms with van der Waals surface area (Å²) in [5.74, 6) is 0.119. The van der Waals surface area contributed by atoms with Gasteiger partial charge in [-0.3, -0.25) is 9.59 Å². The molecule has 1 N–H and O–H groups in total. The zero-order valence-electron chi connectivity index (χ0n) is 21.7. The minimum Gasteiger partial charge on any atom is -0.507 e. The zero-order valence-corrected chi connectivity index (χ0v) is 21.7. The van der Waals surface area contributed by atoms with Gasteiger partial charge in [0.15, 0.2) is 11.5 Å². The van der Waals surface area contributed by atoms with Crippen molar-refractivity contribution in [3.63, 3.8) is 0 Å². The average Bonchev–Trinajstić information content (AvgIpc) is 3.12. The highest BCUT2D eigenvalue weighted by Crippen LogP contribution is 2.45. The number of hydrogen-bond acceptors (Lipinski definition) is 8. The van der Waals surface area contributed by atoms with Gasteiger partial charge in [-0.15, -0.1) is 0 Å².